The molecule has 6 nitrogen and oxygen atoms in total. The number of likely N-dealkylation sites (tertiary alicyclic amines) is 1. The van der Waals surface area contributed by atoms with Gasteiger partial charge in [-0.3, -0.25) is 14.5 Å². The number of halogens is 1. The molecule has 0 aromatic heterocycles. The maximum Gasteiger partial charge on any atom is 0.278 e. The fourth-order valence-corrected chi connectivity index (χ4v) is 6.37. The lowest BCUT2D eigenvalue weighted by molar-refractivity contribution is -0.144. The van der Waals surface area contributed by atoms with E-state index in [4.69, 9.17) is 14.3 Å². The van der Waals surface area contributed by atoms with Crippen molar-refractivity contribution in [1.82, 2.24) is 9.96 Å². The summed E-state index contributed by atoms with van der Waals surface area (Å²) in [6, 6.07) is 23.4. The maximum absolute atomic E-state index is 15.2. The number of amides is 1. The number of nitrogens with zero attached hydrogens (tertiary/aromatic N) is 2. The van der Waals surface area contributed by atoms with Crippen molar-refractivity contribution in [2.75, 3.05) is 40.5 Å². The molecule has 0 radical (unpaired) electrons. The predicted molar refractivity (Wildman–Crippen MR) is 148 cm³/mol. The largest absolute Gasteiger partial charge is 0.488 e. The molecule has 0 saturated carbocycles. The van der Waals surface area contributed by atoms with Crippen LogP contribution in [0.4, 0.5) is 4.39 Å². The van der Waals surface area contributed by atoms with Gasteiger partial charge in [0.2, 0.25) is 0 Å². The number of hydroxylamine groups is 2. The molecule has 2 heterocycles. The summed E-state index contributed by atoms with van der Waals surface area (Å²) in [4.78, 5) is 21.6. The van der Waals surface area contributed by atoms with Crippen molar-refractivity contribution in [3.63, 3.8) is 0 Å². The molecule has 3 aromatic rings. The predicted octanol–water partition coefficient (Wildman–Crippen LogP) is 5.65. The van der Waals surface area contributed by atoms with Crippen LogP contribution < -0.4 is 4.74 Å². The number of piperidine rings is 1. The third kappa shape index (κ3) is 5.57. The second kappa shape index (κ2) is 12.3. The molecular formula is C32H37FN2O4. The average Bonchev–Trinajstić information content (AvgIpc) is 3.24. The number of hydrogen-bond donors (Lipinski definition) is 0. The van der Waals surface area contributed by atoms with E-state index in [0.29, 0.717) is 12.2 Å². The Bertz CT molecular complexity index is 1270. The van der Waals surface area contributed by atoms with Crippen molar-refractivity contribution in [1.29, 1.82) is 0 Å². The molecule has 206 valence electrons. The van der Waals surface area contributed by atoms with E-state index in [1.54, 1.807) is 26.4 Å². The number of ether oxygens (including phenoxy) is 2. The first kappa shape index (κ1) is 27.3. The van der Waals surface area contributed by atoms with E-state index in [0.717, 1.165) is 37.1 Å². The van der Waals surface area contributed by atoms with E-state index in [1.165, 1.54) is 10.6 Å². The number of carbonyl (C=O) groups excluding carboxylic acids is 1. The summed E-state index contributed by atoms with van der Waals surface area (Å²) in [6.07, 6.45) is 1.79. The number of rotatable bonds is 10. The lowest BCUT2D eigenvalue weighted by atomic mass is 9.71. The van der Waals surface area contributed by atoms with Crippen molar-refractivity contribution in [2.45, 2.75) is 37.8 Å². The van der Waals surface area contributed by atoms with E-state index in [2.05, 4.69) is 36.1 Å². The number of fused-ring (bicyclic) bond motifs is 1. The highest BCUT2D eigenvalue weighted by Crippen LogP contribution is 2.50. The van der Waals surface area contributed by atoms with Crippen molar-refractivity contribution in [3.05, 3.63) is 101 Å². The summed E-state index contributed by atoms with van der Waals surface area (Å²) in [5.74, 6) is -0.272. The topological polar surface area (TPSA) is 51.2 Å². The molecule has 1 amide bonds. The van der Waals surface area contributed by atoms with Gasteiger partial charge < -0.3 is 9.47 Å². The van der Waals surface area contributed by atoms with Gasteiger partial charge in [0, 0.05) is 31.2 Å². The van der Waals surface area contributed by atoms with E-state index in [9.17, 15) is 4.79 Å². The van der Waals surface area contributed by atoms with Crippen LogP contribution in [-0.2, 0) is 16.0 Å². The first-order chi connectivity index (χ1) is 19.0. The van der Waals surface area contributed by atoms with Gasteiger partial charge in [-0.1, -0.05) is 54.6 Å². The van der Waals surface area contributed by atoms with Crippen molar-refractivity contribution >= 4 is 5.91 Å². The molecule has 1 fully saturated rings. The molecule has 2 aliphatic rings. The molecule has 39 heavy (non-hydrogen) atoms. The Morgan fingerprint density at radius 2 is 1.74 bits per heavy atom. The van der Waals surface area contributed by atoms with Gasteiger partial charge in [-0.15, -0.1) is 0 Å². The molecule has 0 N–H and O–H groups in total. The van der Waals surface area contributed by atoms with E-state index in [1.807, 2.05) is 36.4 Å². The van der Waals surface area contributed by atoms with Gasteiger partial charge in [0.1, 0.15) is 6.61 Å². The maximum atomic E-state index is 15.2. The minimum Gasteiger partial charge on any atom is -0.488 e. The van der Waals surface area contributed by atoms with Crippen LogP contribution in [0, 0.1) is 11.7 Å². The molecule has 7 heteroatoms. The fraction of sp³-hybridized carbons (Fsp3) is 0.406. The monoisotopic (exact) mass is 532 g/mol. The summed E-state index contributed by atoms with van der Waals surface area (Å²) < 4.78 is 25.8. The molecule has 0 spiro atoms. The molecule has 1 saturated heterocycles. The average molecular weight is 533 g/mol. The smallest absolute Gasteiger partial charge is 0.278 e. The molecule has 2 aliphatic heterocycles. The Hall–Kier alpha value is -3.26. The van der Waals surface area contributed by atoms with Gasteiger partial charge in [0.15, 0.2) is 11.6 Å². The van der Waals surface area contributed by atoms with Crippen LogP contribution in [0.2, 0.25) is 0 Å². The lowest BCUT2D eigenvalue weighted by Crippen LogP contribution is -2.51. The third-order valence-corrected chi connectivity index (χ3v) is 8.31. The number of methoxy groups -OCH3 is 1. The highest BCUT2D eigenvalue weighted by atomic mass is 19.1. The van der Waals surface area contributed by atoms with Gasteiger partial charge in [0.05, 0.1) is 19.8 Å². The summed E-state index contributed by atoms with van der Waals surface area (Å²) in [5, 5.41) is 1.53. The van der Waals surface area contributed by atoms with Gasteiger partial charge in [-0.25, -0.2) is 9.45 Å². The van der Waals surface area contributed by atoms with Crippen molar-refractivity contribution in [2.24, 2.45) is 5.92 Å². The second-order valence-electron chi connectivity index (χ2n) is 10.4. The quantitative estimate of drug-likeness (QED) is 0.316. The summed E-state index contributed by atoms with van der Waals surface area (Å²) in [7, 11) is 3.14. The Morgan fingerprint density at radius 1 is 0.974 bits per heavy atom. The molecule has 0 bridgehead atoms. The Kier molecular flexibility index (Phi) is 8.60. The van der Waals surface area contributed by atoms with Gasteiger partial charge in [0.25, 0.3) is 5.91 Å². The summed E-state index contributed by atoms with van der Waals surface area (Å²) >= 11 is 0. The Labute approximate surface area is 230 Å². The van der Waals surface area contributed by atoms with Gasteiger partial charge >= 0.3 is 0 Å². The first-order valence-electron chi connectivity index (χ1n) is 13.7. The highest BCUT2D eigenvalue weighted by molar-refractivity contribution is 5.98. The van der Waals surface area contributed by atoms with E-state index < -0.39 is 0 Å². The Morgan fingerprint density at radius 3 is 2.49 bits per heavy atom. The normalized spacial score (nSPS) is 23.2. The molecule has 1 unspecified atom stereocenters. The zero-order valence-electron chi connectivity index (χ0n) is 22.9. The zero-order valence-corrected chi connectivity index (χ0v) is 22.9. The molecule has 3 aromatic carbocycles. The highest BCUT2D eigenvalue weighted by Gasteiger charge is 2.49. The molecule has 5 rings (SSSR count). The molecule has 0 aliphatic carbocycles. The van der Waals surface area contributed by atoms with Crippen LogP contribution >= 0.6 is 0 Å². The first-order valence-corrected chi connectivity index (χ1v) is 13.7. The third-order valence-electron chi connectivity index (χ3n) is 8.31. The van der Waals surface area contributed by atoms with Crippen LogP contribution in [0.5, 0.6) is 5.75 Å². The van der Waals surface area contributed by atoms with E-state index in [-0.39, 0.29) is 48.0 Å². The molecule has 4 atom stereocenters. The molecular weight excluding hydrogens is 495 g/mol. The van der Waals surface area contributed by atoms with E-state index >= 15 is 4.39 Å². The number of hydrogen-bond acceptors (Lipinski definition) is 5. The number of carbonyl (C=O) groups is 1. The van der Waals surface area contributed by atoms with Crippen molar-refractivity contribution < 1.29 is 23.5 Å². The Balaban J connectivity index is 1.48. The minimum absolute atomic E-state index is 0.0123. The van der Waals surface area contributed by atoms with Gasteiger partial charge in [-0.2, -0.15) is 0 Å². The van der Waals surface area contributed by atoms with Crippen molar-refractivity contribution in [3.8, 4) is 5.75 Å². The van der Waals surface area contributed by atoms with Crippen LogP contribution in [0.3, 0.4) is 0 Å². The van der Waals surface area contributed by atoms with Crippen LogP contribution in [0.25, 0.3) is 0 Å². The minimum atomic E-state index is -0.381. The zero-order chi connectivity index (χ0) is 27.4. The van der Waals surface area contributed by atoms with Crippen LogP contribution in [0.1, 0.15) is 52.4 Å². The summed E-state index contributed by atoms with van der Waals surface area (Å²) in [6.45, 7) is 4.71. The fourth-order valence-electron chi connectivity index (χ4n) is 6.37. The second-order valence-corrected chi connectivity index (χ2v) is 10.4. The standard InChI is InChI=1S/C32H37FN2O4/c1-22-30(31-26-11-7-8-12-27(26)32(36)35(31)38-3)25(16-18-34(22)17-15-23-9-5-4-6-10-23)24-13-14-29(28(33)21-24)39-20-19-37-2/h4-14,21-22,25,30-31H,15-20H2,1-3H3/t22-,25+,30-,31?/m1/s1. The SMILES string of the molecule is COCCOc1ccc([C@@H]2CCN(CCc3ccccc3)[C@H](C)[C@H]2C2c3ccccc3C(=O)N2OC)cc1F. The van der Waals surface area contributed by atoms with Gasteiger partial charge in [-0.05, 0) is 67.1 Å². The van der Waals surface area contributed by atoms with Crippen LogP contribution in [0.15, 0.2) is 72.8 Å². The van der Waals surface area contributed by atoms with Crippen LogP contribution in [-0.4, -0.2) is 62.4 Å². The summed E-state index contributed by atoms with van der Waals surface area (Å²) in [5.41, 5.74) is 3.86. The lowest BCUT2D eigenvalue weighted by Gasteiger charge is -2.48. The number of benzene rings is 3.